The lowest BCUT2D eigenvalue weighted by atomic mass is 10.2. The van der Waals surface area contributed by atoms with Crippen LogP contribution in [0, 0.1) is 13.8 Å². The van der Waals surface area contributed by atoms with Crippen molar-refractivity contribution in [2.45, 2.75) is 33.2 Å². The molecule has 0 aliphatic heterocycles. The van der Waals surface area contributed by atoms with Gasteiger partial charge < -0.3 is 10.1 Å². The van der Waals surface area contributed by atoms with Crippen LogP contribution in [0.4, 0.5) is 13.2 Å². The summed E-state index contributed by atoms with van der Waals surface area (Å²) in [6.07, 6.45) is -3.48. The van der Waals surface area contributed by atoms with Gasteiger partial charge in [-0.3, -0.25) is 4.79 Å². The van der Waals surface area contributed by atoms with Gasteiger partial charge in [-0.25, -0.2) is 15.0 Å². The molecule has 8 nitrogen and oxygen atoms in total. The van der Waals surface area contributed by atoms with E-state index >= 15 is 0 Å². The van der Waals surface area contributed by atoms with Crippen molar-refractivity contribution in [1.29, 1.82) is 0 Å². The number of nitrogens with one attached hydrogen (secondary N) is 1. The Balaban J connectivity index is 1.85. The van der Waals surface area contributed by atoms with Crippen LogP contribution in [0.25, 0.3) is 5.82 Å². The number of benzene rings is 1. The second-order valence-corrected chi connectivity index (χ2v) is 7.28. The van der Waals surface area contributed by atoms with Crippen LogP contribution in [-0.4, -0.2) is 37.0 Å². The number of ether oxygens (including phenoxy) is 1. The van der Waals surface area contributed by atoms with Crippen LogP contribution in [0.1, 0.15) is 40.7 Å². The molecular weight excluding hydrogens is 469 g/mol. The SMILES string of the molecule is Cc1cc(-n2nc(C)nc2[C@H](C)NC(=O)c2cc(Br)cc(OC(F)(F)F)c2)ncn1. The maximum atomic E-state index is 12.7. The van der Waals surface area contributed by atoms with Gasteiger partial charge >= 0.3 is 6.36 Å². The van der Waals surface area contributed by atoms with Crippen LogP contribution in [0.5, 0.6) is 5.75 Å². The van der Waals surface area contributed by atoms with Crippen LogP contribution >= 0.6 is 15.9 Å². The zero-order valence-corrected chi connectivity index (χ0v) is 17.6. The lowest BCUT2D eigenvalue weighted by molar-refractivity contribution is -0.274. The minimum absolute atomic E-state index is 0.0175. The van der Waals surface area contributed by atoms with E-state index in [0.29, 0.717) is 17.5 Å². The van der Waals surface area contributed by atoms with Gasteiger partial charge in [0.2, 0.25) is 0 Å². The Hall–Kier alpha value is -3.02. The molecule has 0 aliphatic rings. The second-order valence-electron chi connectivity index (χ2n) is 6.37. The van der Waals surface area contributed by atoms with Gasteiger partial charge in [0, 0.05) is 21.8 Å². The number of carbonyl (C=O) groups excluding carboxylic acids is 1. The number of amides is 1. The third-order valence-electron chi connectivity index (χ3n) is 3.85. The summed E-state index contributed by atoms with van der Waals surface area (Å²) in [5.41, 5.74) is 0.707. The van der Waals surface area contributed by atoms with Crippen molar-refractivity contribution in [2.24, 2.45) is 0 Å². The molecule has 3 aromatic rings. The predicted octanol–water partition coefficient (Wildman–Crippen LogP) is 3.83. The Morgan fingerprint density at radius 2 is 1.93 bits per heavy atom. The highest BCUT2D eigenvalue weighted by Crippen LogP contribution is 2.27. The maximum absolute atomic E-state index is 12.7. The molecule has 158 valence electrons. The number of rotatable bonds is 5. The average molecular weight is 485 g/mol. The number of hydrogen-bond donors (Lipinski definition) is 1. The third-order valence-corrected chi connectivity index (χ3v) is 4.30. The predicted molar refractivity (Wildman–Crippen MR) is 103 cm³/mol. The van der Waals surface area contributed by atoms with E-state index in [0.717, 1.165) is 17.8 Å². The van der Waals surface area contributed by atoms with E-state index in [1.807, 2.05) is 0 Å². The number of aromatic nitrogens is 5. The molecule has 0 radical (unpaired) electrons. The van der Waals surface area contributed by atoms with Gasteiger partial charge in [0.25, 0.3) is 5.91 Å². The molecule has 0 spiro atoms. The Kier molecular flexibility index (Phi) is 6.06. The van der Waals surface area contributed by atoms with Crippen molar-refractivity contribution < 1.29 is 22.7 Å². The van der Waals surface area contributed by atoms with Crippen LogP contribution in [-0.2, 0) is 0 Å². The summed E-state index contributed by atoms with van der Waals surface area (Å²) in [5, 5.41) is 7.01. The quantitative estimate of drug-likeness (QED) is 0.591. The first-order valence-corrected chi connectivity index (χ1v) is 9.41. The lowest BCUT2D eigenvalue weighted by Gasteiger charge is -2.15. The zero-order chi connectivity index (χ0) is 22.1. The maximum Gasteiger partial charge on any atom is 0.573 e. The summed E-state index contributed by atoms with van der Waals surface area (Å²) in [6.45, 7) is 5.17. The molecule has 1 aromatic carbocycles. The van der Waals surface area contributed by atoms with E-state index in [9.17, 15) is 18.0 Å². The van der Waals surface area contributed by atoms with Crippen molar-refractivity contribution >= 4 is 21.8 Å². The minimum atomic E-state index is -4.87. The molecule has 3 rings (SSSR count). The highest BCUT2D eigenvalue weighted by atomic mass is 79.9. The van der Waals surface area contributed by atoms with E-state index in [4.69, 9.17) is 0 Å². The largest absolute Gasteiger partial charge is 0.573 e. The molecule has 0 aliphatic carbocycles. The molecule has 12 heteroatoms. The average Bonchev–Trinajstić information content (AvgIpc) is 3.01. The fraction of sp³-hybridized carbons (Fsp3) is 0.278. The van der Waals surface area contributed by atoms with Crippen LogP contribution in [0.3, 0.4) is 0 Å². The third kappa shape index (κ3) is 5.32. The molecule has 2 aromatic heterocycles. The Morgan fingerprint density at radius 1 is 1.20 bits per heavy atom. The van der Waals surface area contributed by atoms with Crippen molar-refractivity contribution in [3.8, 4) is 11.6 Å². The summed E-state index contributed by atoms with van der Waals surface area (Å²) in [6, 6.07) is 4.59. The minimum Gasteiger partial charge on any atom is -0.406 e. The van der Waals surface area contributed by atoms with E-state index in [1.54, 1.807) is 26.8 Å². The highest BCUT2D eigenvalue weighted by Gasteiger charge is 2.31. The van der Waals surface area contributed by atoms with Gasteiger partial charge in [-0.05, 0) is 39.0 Å². The number of alkyl halides is 3. The normalized spacial score (nSPS) is 12.5. The summed E-state index contributed by atoms with van der Waals surface area (Å²) in [5.74, 6) is 0.223. The molecule has 30 heavy (non-hydrogen) atoms. The number of aryl methyl sites for hydroxylation is 2. The summed E-state index contributed by atoms with van der Waals surface area (Å²) in [7, 11) is 0. The number of carbonyl (C=O) groups is 1. The Labute approximate surface area is 177 Å². The lowest BCUT2D eigenvalue weighted by Crippen LogP contribution is -2.29. The topological polar surface area (TPSA) is 94.8 Å². The Morgan fingerprint density at radius 3 is 2.60 bits per heavy atom. The summed E-state index contributed by atoms with van der Waals surface area (Å²) < 4.78 is 43.2. The van der Waals surface area contributed by atoms with Crippen molar-refractivity contribution in [3.05, 3.63) is 58.0 Å². The molecule has 0 saturated carbocycles. The first-order chi connectivity index (χ1) is 14.0. The first kappa shape index (κ1) is 21.7. The van der Waals surface area contributed by atoms with Gasteiger partial charge in [0.05, 0.1) is 6.04 Å². The van der Waals surface area contributed by atoms with Crippen molar-refractivity contribution in [3.63, 3.8) is 0 Å². The fourth-order valence-corrected chi connectivity index (χ4v) is 3.14. The van der Waals surface area contributed by atoms with Crippen molar-refractivity contribution in [1.82, 2.24) is 30.0 Å². The molecule has 2 heterocycles. The molecule has 1 amide bonds. The number of halogens is 4. The van der Waals surface area contributed by atoms with E-state index < -0.39 is 24.1 Å². The molecule has 1 atom stereocenters. The van der Waals surface area contributed by atoms with Gasteiger partial charge in [-0.15, -0.1) is 18.3 Å². The molecular formula is C18H16BrF3N6O2. The van der Waals surface area contributed by atoms with Gasteiger partial charge in [0.15, 0.2) is 11.6 Å². The Bertz CT molecular complexity index is 1090. The van der Waals surface area contributed by atoms with Gasteiger partial charge in [0.1, 0.15) is 17.9 Å². The van der Waals surface area contributed by atoms with E-state index in [2.05, 4.69) is 46.0 Å². The highest BCUT2D eigenvalue weighted by molar-refractivity contribution is 9.10. The molecule has 0 fully saturated rings. The monoisotopic (exact) mass is 484 g/mol. The zero-order valence-electron chi connectivity index (χ0n) is 16.0. The van der Waals surface area contributed by atoms with Crippen LogP contribution < -0.4 is 10.1 Å². The number of nitrogens with zero attached hydrogens (tertiary/aromatic N) is 5. The van der Waals surface area contributed by atoms with E-state index in [-0.39, 0.29) is 10.0 Å². The fourth-order valence-electron chi connectivity index (χ4n) is 2.67. The molecule has 1 N–H and O–H groups in total. The summed E-state index contributed by atoms with van der Waals surface area (Å²) in [4.78, 5) is 25.2. The van der Waals surface area contributed by atoms with Gasteiger partial charge in [-0.2, -0.15) is 4.68 Å². The summed E-state index contributed by atoms with van der Waals surface area (Å²) >= 11 is 3.08. The standard InChI is InChI=1S/C18H16BrF3N6O2/c1-9-4-15(24-8-23-9)28-16(26-11(3)27-28)10(2)25-17(29)12-5-13(19)7-14(6-12)30-18(20,21)22/h4-8,10H,1-3H3,(H,25,29)/t10-/m0/s1. The van der Waals surface area contributed by atoms with Crippen LogP contribution in [0.2, 0.25) is 0 Å². The second kappa shape index (κ2) is 8.38. The molecule has 0 bridgehead atoms. The van der Waals surface area contributed by atoms with Crippen LogP contribution in [0.15, 0.2) is 35.1 Å². The molecule has 0 unspecified atom stereocenters. The van der Waals surface area contributed by atoms with Crippen molar-refractivity contribution in [2.75, 3.05) is 0 Å². The van der Waals surface area contributed by atoms with Gasteiger partial charge in [-0.1, -0.05) is 15.9 Å². The molecule has 0 saturated heterocycles. The van der Waals surface area contributed by atoms with E-state index in [1.165, 1.54) is 17.1 Å². The smallest absolute Gasteiger partial charge is 0.406 e. The first-order valence-electron chi connectivity index (χ1n) is 8.61. The number of hydrogen-bond acceptors (Lipinski definition) is 6.